The zero-order valence-corrected chi connectivity index (χ0v) is 8.02. The first-order chi connectivity index (χ1) is 6.63. The standard InChI is InChI=1S/C8H7F2N3S/c9-8(10)2-1-3-13-6(8)4-7(12-13)11-5-14/h4H,1-3H2. The van der Waals surface area contributed by atoms with Crippen molar-refractivity contribution >= 4 is 23.2 Å². The molecular weight excluding hydrogens is 208 g/mol. The van der Waals surface area contributed by atoms with E-state index in [1.807, 2.05) is 0 Å². The summed E-state index contributed by atoms with van der Waals surface area (Å²) in [5.41, 5.74) is -0.0762. The Morgan fingerprint density at radius 1 is 1.64 bits per heavy atom. The third-order valence-electron chi connectivity index (χ3n) is 2.16. The van der Waals surface area contributed by atoms with Gasteiger partial charge in [0.2, 0.25) is 0 Å². The van der Waals surface area contributed by atoms with Crippen LogP contribution in [0.1, 0.15) is 18.5 Å². The van der Waals surface area contributed by atoms with Gasteiger partial charge in [-0.25, -0.2) is 0 Å². The number of alkyl halides is 2. The molecule has 14 heavy (non-hydrogen) atoms. The minimum atomic E-state index is -2.79. The molecule has 0 saturated heterocycles. The van der Waals surface area contributed by atoms with Crippen molar-refractivity contribution in [2.24, 2.45) is 4.99 Å². The molecule has 1 aromatic heterocycles. The molecule has 0 spiro atoms. The summed E-state index contributed by atoms with van der Waals surface area (Å²) in [4.78, 5) is 3.58. The Bertz CT molecular complexity index is 407. The second-order valence-electron chi connectivity index (χ2n) is 3.12. The Hall–Kier alpha value is -1.13. The van der Waals surface area contributed by atoms with Gasteiger partial charge in [-0.2, -0.15) is 18.9 Å². The van der Waals surface area contributed by atoms with Crippen LogP contribution >= 0.6 is 12.2 Å². The molecule has 2 heterocycles. The molecule has 1 aliphatic rings. The highest BCUT2D eigenvalue weighted by molar-refractivity contribution is 7.78. The van der Waals surface area contributed by atoms with Crippen LogP contribution in [0.5, 0.6) is 0 Å². The fraction of sp³-hybridized carbons (Fsp3) is 0.500. The number of isothiocyanates is 1. The fourth-order valence-electron chi connectivity index (χ4n) is 1.55. The highest BCUT2D eigenvalue weighted by atomic mass is 32.1. The third-order valence-corrected chi connectivity index (χ3v) is 2.25. The SMILES string of the molecule is FC1(F)CCCn2nc(N=C=S)cc21. The molecule has 0 bridgehead atoms. The number of halogens is 2. The molecule has 0 N–H and O–H groups in total. The van der Waals surface area contributed by atoms with Gasteiger partial charge in [0, 0.05) is 19.0 Å². The molecule has 3 nitrogen and oxygen atoms in total. The van der Waals surface area contributed by atoms with Crippen molar-refractivity contribution in [1.82, 2.24) is 9.78 Å². The molecule has 74 valence electrons. The minimum absolute atomic E-state index is 0.0762. The second-order valence-corrected chi connectivity index (χ2v) is 3.30. The molecule has 0 radical (unpaired) electrons. The van der Waals surface area contributed by atoms with Gasteiger partial charge in [-0.05, 0) is 18.6 Å². The topological polar surface area (TPSA) is 30.2 Å². The van der Waals surface area contributed by atoms with Gasteiger partial charge in [-0.3, -0.25) is 4.68 Å². The molecule has 1 aliphatic heterocycles. The molecule has 0 atom stereocenters. The summed E-state index contributed by atoms with van der Waals surface area (Å²) in [5, 5.41) is 5.99. The molecule has 2 rings (SSSR count). The number of aromatic nitrogens is 2. The van der Waals surface area contributed by atoms with E-state index in [1.54, 1.807) is 0 Å². The number of nitrogens with zero attached hydrogens (tertiary/aromatic N) is 3. The van der Waals surface area contributed by atoms with Crippen molar-refractivity contribution in [3.05, 3.63) is 11.8 Å². The zero-order valence-electron chi connectivity index (χ0n) is 7.20. The lowest BCUT2D eigenvalue weighted by Gasteiger charge is -2.22. The average molecular weight is 215 g/mol. The highest BCUT2D eigenvalue weighted by Crippen LogP contribution is 2.37. The lowest BCUT2D eigenvalue weighted by atomic mass is 10.1. The summed E-state index contributed by atoms with van der Waals surface area (Å²) in [6.07, 6.45) is 0.307. The first-order valence-corrected chi connectivity index (χ1v) is 4.58. The smallest absolute Gasteiger partial charge is 0.261 e. The summed E-state index contributed by atoms with van der Waals surface area (Å²) >= 11 is 4.38. The quantitative estimate of drug-likeness (QED) is 0.532. The molecule has 0 unspecified atom stereocenters. The van der Waals surface area contributed by atoms with Crippen molar-refractivity contribution in [2.45, 2.75) is 25.3 Å². The van der Waals surface area contributed by atoms with E-state index in [1.165, 1.54) is 10.7 Å². The molecule has 0 amide bonds. The van der Waals surface area contributed by atoms with Crippen LogP contribution in [0.15, 0.2) is 11.1 Å². The van der Waals surface area contributed by atoms with Crippen LogP contribution in [-0.4, -0.2) is 14.9 Å². The lowest BCUT2D eigenvalue weighted by Crippen LogP contribution is -2.25. The first-order valence-electron chi connectivity index (χ1n) is 4.17. The van der Waals surface area contributed by atoms with E-state index < -0.39 is 5.92 Å². The van der Waals surface area contributed by atoms with E-state index in [0.717, 1.165) is 0 Å². The molecule has 0 saturated carbocycles. The number of aryl methyl sites for hydroxylation is 1. The Kier molecular flexibility index (Phi) is 2.17. The van der Waals surface area contributed by atoms with Gasteiger partial charge in [-0.1, -0.05) is 0 Å². The minimum Gasteiger partial charge on any atom is -0.261 e. The zero-order chi connectivity index (χ0) is 10.2. The van der Waals surface area contributed by atoms with Crippen LogP contribution in [0, 0.1) is 0 Å². The van der Waals surface area contributed by atoms with E-state index in [2.05, 4.69) is 27.5 Å². The van der Waals surface area contributed by atoms with Crippen LogP contribution in [0.3, 0.4) is 0 Å². The maximum absolute atomic E-state index is 13.3. The molecule has 1 aromatic rings. The van der Waals surface area contributed by atoms with E-state index in [-0.39, 0.29) is 17.9 Å². The van der Waals surface area contributed by atoms with Crippen molar-refractivity contribution in [3.63, 3.8) is 0 Å². The van der Waals surface area contributed by atoms with Crippen molar-refractivity contribution in [3.8, 4) is 0 Å². The number of fused-ring (bicyclic) bond motifs is 1. The summed E-state index contributed by atoms with van der Waals surface area (Å²) in [6, 6.07) is 1.26. The van der Waals surface area contributed by atoms with Crippen LogP contribution < -0.4 is 0 Å². The predicted octanol–water partition coefficient (Wildman–Crippen LogP) is 2.50. The fourth-order valence-corrected chi connectivity index (χ4v) is 1.64. The maximum atomic E-state index is 13.3. The number of hydrogen-bond donors (Lipinski definition) is 0. The number of rotatable bonds is 1. The van der Waals surface area contributed by atoms with Gasteiger partial charge in [0.25, 0.3) is 5.92 Å². The average Bonchev–Trinajstić information content (AvgIpc) is 2.49. The molecule has 6 heteroatoms. The summed E-state index contributed by atoms with van der Waals surface area (Å²) in [5.74, 6) is -2.59. The highest BCUT2D eigenvalue weighted by Gasteiger charge is 2.38. The maximum Gasteiger partial charge on any atom is 0.289 e. The molecular formula is C8H7F2N3S. The van der Waals surface area contributed by atoms with Gasteiger partial charge < -0.3 is 0 Å². The van der Waals surface area contributed by atoms with Crippen LogP contribution in [0.4, 0.5) is 14.6 Å². The number of aliphatic imine (C=N–C) groups is 1. The van der Waals surface area contributed by atoms with Gasteiger partial charge in [0.1, 0.15) is 5.69 Å². The lowest BCUT2D eigenvalue weighted by molar-refractivity contribution is -0.0364. The monoisotopic (exact) mass is 215 g/mol. The van der Waals surface area contributed by atoms with Gasteiger partial charge in [-0.15, -0.1) is 0 Å². The Labute approximate surface area is 84.4 Å². The Morgan fingerprint density at radius 2 is 2.43 bits per heavy atom. The largest absolute Gasteiger partial charge is 0.289 e. The van der Waals surface area contributed by atoms with Gasteiger partial charge in [0.15, 0.2) is 5.82 Å². The number of thiocarbonyl (C=S) groups is 1. The third kappa shape index (κ3) is 1.47. The number of hydrogen-bond acceptors (Lipinski definition) is 3. The van der Waals surface area contributed by atoms with E-state index in [0.29, 0.717) is 13.0 Å². The summed E-state index contributed by atoms with van der Waals surface area (Å²) in [7, 11) is 0. The van der Waals surface area contributed by atoms with Crippen molar-refractivity contribution in [1.29, 1.82) is 0 Å². The van der Waals surface area contributed by atoms with E-state index >= 15 is 0 Å². The predicted molar refractivity (Wildman–Crippen MR) is 50.0 cm³/mol. The first kappa shape index (κ1) is 9.43. The summed E-state index contributed by atoms with van der Waals surface area (Å²) in [6.45, 7) is 0.512. The van der Waals surface area contributed by atoms with E-state index in [4.69, 9.17) is 0 Å². The van der Waals surface area contributed by atoms with Crippen molar-refractivity contribution < 1.29 is 8.78 Å². The second kappa shape index (κ2) is 3.22. The van der Waals surface area contributed by atoms with Crippen molar-refractivity contribution in [2.75, 3.05) is 0 Å². The van der Waals surface area contributed by atoms with E-state index in [9.17, 15) is 8.78 Å². The molecule has 0 fully saturated rings. The molecule has 0 aromatic carbocycles. The van der Waals surface area contributed by atoms with Crippen LogP contribution in [0.2, 0.25) is 0 Å². The Morgan fingerprint density at radius 3 is 3.07 bits per heavy atom. The Balaban J connectivity index is 2.48. The molecule has 0 aliphatic carbocycles. The van der Waals surface area contributed by atoms with Crippen LogP contribution in [0.25, 0.3) is 0 Å². The van der Waals surface area contributed by atoms with Gasteiger partial charge in [0.05, 0.1) is 5.16 Å². The van der Waals surface area contributed by atoms with Crippen LogP contribution in [-0.2, 0) is 12.5 Å². The van der Waals surface area contributed by atoms with Gasteiger partial charge >= 0.3 is 0 Å². The summed E-state index contributed by atoms with van der Waals surface area (Å²) < 4.78 is 27.9. The normalized spacial score (nSPS) is 18.4.